The van der Waals surface area contributed by atoms with Crippen LogP contribution in [0.15, 0.2) is 0 Å². The topological polar surface area (TPSA) is 68.3 Å². The lowest BCUT2D eigenvalue weighted by molar-refractivity contribution is 0.583. The van der Waals surface area contributed by atoms with Gasteiger partial charge in [-0.15, -0.1) is 0 Å². The van der Waals surface area contributed by atoms with Gasteiger partial charge in [-0.2, -0.15) is 0 Å². The second kappa shape index (κ2) is 8.08. The summed E-state index contributed by atoms with van der Waals surface area (Å²) in [5, 5.41) is -0.673. The molecule has 0 aliphatic rings. The second-order valence-corrected chi connectivity index (χ2v) is 9.16. The van der Waals surface area contributed by atoms with Crippen molar-refractivity contribution in [1.29, 1.82) is 0 Å². The van der Waals surface area contributed by atoms with Gasteiger partial charge in [0.1, 0.15) is 0 Å². The summed E-state index contributed by atoms with van der Waals surface area (Å²) in [5.74, 6) is -0.0122. The molecule has 0 fully saturated rings. The molecule has 0 aromatic rings. The van der Waals surface area contributed by atoms with E-state index in [1.165, 1.54) is 0 Å². The van der Waals surface area contributed by atoms with Crippen molar-refractivity contribution in [3.05, 3.63) is 0 Å². The number of sulfone groups is 2. The van der Waals surface area contributed by atoms with Crippen molar-refractivity contribution in [3.8, 4) is 0 Å². The van der Waals surface area contributed by atoms with E-state index in [1.807, 2.05) is 13.8 Å². The van der Waals surface area contributed by atoms with Crippen molar-refractivity contribution in [2.75, 3.05) is 16.6 Å². The molecule has 0 aromatic heterocycles. The first kappa shape index (κ1) is 16.9. The first-order valence-corrected chi connectivity index (χ1v) is 9.88. The van der Waals surface area contributed by atoms with Gasteiger partial charge in [-0.3, -0.25) is 0 Å². The quantitative estimate of drug-likeness (QED) is 0.576. The largest absolute Gasteiger partial charge is 0.228 e. The zero-order valence-electron chi connectivity index (χ0n) is 10.8. The van der Waals surface area contributed by atoms with E-state index in [-0.39, 0.29) is 11.5 Å². The Morgan fingerprint density at radius 2 is 1.00 bits per heavy atom. The van der Waals surface area contributed by atoms with E-state index in [4.69, 9.17) is 0 Å². The predicted octanol–water partition coefficient (Wildman–Crippen LogP) is 2.15. The molecule has 6 heteroatoms. The van der Waals surface area contributed by atoms with E-state index < -0.39 is 24.8 Å². The van der Waals surface area contributed by atoms with Crippen LogP contribution in [-0.2, 0) is 19.7 Å². The summed E-state index contributed by atoms with van der Waals surface area (Å²) in [7, 11) is -6.87. The molecule has 17 heavy (non-hydrogen) atoms. The van der Waals surface area contributed by atoms with E-state index in [0.29, 0.717) is 12.8 Å². The molecule has 0 aliphatic carbocycles. The standard InChI is InChI=1S/C11H24O4S2/c1-3-5-7-9-16(12,13)11-17(14,15)10-8-6-4-2/h3-11H2,1-2H3. The first-order valence-electron chi connectivity index (χ1n) is 6.24. The summed E-state index contributed by atoms with van der Waals surface area (Å²) in [5.41, 5.74) is 0. The molecule has 0 saturated carbocycles. The normalized spacial score (nSPS) is 12.8. The molecule has 0 heterocycles. The van der Waals surface area contributed by atoms with E-state index >= 15 is 0 Å². The van der Waals surface area contributed by atoms with Crippen molar-refractivity contribution < 1.29 is 16.8 Å². The van der Waals surface area contributed by atoms with Gasteiger partial charge in [0.25, 0.3) is 0 Å². The summed E-state index contributed by atoms with van der Waals surface area (Å²) in [6, 6.07) is 0. The third-order valence-electron chi connectivity index (χ3n) is 2.48. The highest BCUT2D eigenvalue weighted by Crippen LogP contribution is 2.07. The first-order chi connectivity index (χ1) is 7.83. The van der Waals surface area contributed by atoms with Gasteiger partial charge in [-0.1, -0.05) is 39.5 Å². The minimum atomic E-state index is -3.44. The molecule has 0 unspecified atom stereocenters. The summed E-state index contributed by atoms with van der Waals surface area (Å²) in [6.07, 6.45) is 4.63. The number of hydrogen-bond acceptors (Lipinski definition) is 4. The molecule has 0 aliphatic heterocycles. The molecule has 104 valence electrons. The van der Waals surface area contributed by atoms with Crippen LogP contribution in [-0.4, -0.2) is 33.4 Å². The maximum atomic E-state index is 11.6. The zero-order valence-corrected chi connectivity index (χ0v) is 12.4. The molecule has 0 atom stereocenters. The molecule has 0 radical (unpaired) electrons. The molecule has 0 saturated heterocycles. The van der Waals surface area contributed by atoms with Crippen LogP contribution < -0.4 is 0 Å². The van der Waals surface area contributed by atoms with Crippen molar-refractivity contribution in [2.24, 2.45) is 0 Å². The highest BCUT2D eigenvalue weighted by molar-refractivity contribution is 8.08. The van der Waals surface area contributed by atoms with Gasteiger partial charge in [0.05, 0.1) is 11.5 Å². The van der Waals surface area contributed by atoms with Crippen LogP contribution in [0.5, 0.6) is 0 Å². The zero-order chi connectivity index (χ0) is 13.4. The Labute approximate surface area is 106 Å². The van der Waals surface area contributed by atoms with Gasteiger partial charge in [-0.05, 0) is 12.8 Å². The van der Waals surface area contributed by atoms with Crippen LogP contribution >= 0.6 is 0 Å². The Morgan fingerprint density at radius 3 is 1.29 bits per heavy atom. The van der Waals surface area contributed by atoms with Gasteiger partial charge in [0, 0.05) is 0 Å². The van der Waals surface area contributed by atoms with Crippen molar-refractivity contribution in [1.82, 2.24) is 0 Å². The lowest BCUT2D eigenvalue weighted by Crippen LogP contribution is -2.21. The molecule has 0 amide bonds. The number of rotatable bonds is 10. The monoisotopic (exact) mass is 284 g/mol. The van der Waals surface area contributed by atoms with Crippen LogP contribution in [0.2, 0.25) is 0 Å². The molecular weight excluding hydrogens is 260 g/mol. The van der Waals surface area contributed by atoms with Crippen molar-refractivity contribution in [2.45, 2.75) is 52.4 Å². The Hall–Kier alpha value is -0.100. The summed E-state index contributed by atoms with van der Waals surface area (Å²) in [4.78, 5) is 0. The minimum absolute atomic E-state index is 0.00610. The molecule has 0 bridgehead atoms. The Morgan fingerprint density at radius 1 is 0.647 bits per heavy atom. The number of unbranched alkanes of at least 4 members (excludes halogenated alkanes) is 4. The lowest BCUT2D eigenvalue weighted by Gasteiger charge is -2.05. The van der Waals surface area contributed by atoms with Gasteiger partial charge < -0.3 is 0 Å². The molecule has 0 N–H and O–H groups in total. The van der Waals surface area contributed by atoms with Crippen molar-refractivity contribution >= 4 is 19.7 Å². The molecule has 0 aromatic carbocycles. The molecule has 0 spiro atoms. The van der Waals surface area contributed by atoms with E-state index in [9.17, 15) is 16.8 Å². The van der Waals surface area contributed by atoms with Crippen LogP contribution in [0.1, 0.15) is 52.4 Å². The van der Waals surface area contributed by atoms with Gasteiger partial charge >= 0.3 is 0 Å². The summed E-state index contributed by atoms with van der Waals surface area (Å²) < 4.78 is 46.3. The molecular formula is C11H24O4S2. The Bertz CT molecular complexity index is 344. The van der Waals surface area contributed by atoms with Crippen LogP contribution in [0.4, 0.5) is 0 Å². The fourth-order valence-electron chi connectivity index (χ4n) is 1.54. The van der Waals surface area contributed by atoms with Gasteiger partial charge in [0.15, 0.2) is 24.8 Å². The average Bonchev–Trinajstić information content (AvgIpc) is 2.16. The fraction of sp³-hybridized carbons (Fsp3) is 1.00. The van der Waals surface area contributed by atoms with Crippen molar-refractivity contribution in [3.63, 3.8) is 0 Å². The van der Waals surface area contributed by atoms with E-state index in [2.05, 4.69) is 0 Å². The maximum Gasteiger partial charge on any atom is 0.164 e. The van der Waals surface area contributed by atoms with Gasteiger partial charge in [0.2, 0.25) is 0 Å². The molecule has 4 nitrogen and oxygen atoms in total. The van der Waals surface area contributed by atoms with E-state index in [0.717, 1.165) is 25.7 Å². The minimum Gasteiger partial charge on any atom is -0.228 e. The highest BCUT2D eigenvalue weighted by atomic mass is 32.3. The third-order valence-corrected chi connectivity index (χ3v) is 7.17. The molecule has 0 rings (SSSR count). The lowest BCUT2D eigenvalue weighted by atomic mass is 10.3. The predicted molar refractivity (Wildman–Crippen MR) is 71.5 cm³/mol. The van der Waals surface area contributed by atoms with Crippen LogP contribution in [0, 0.1) is 0 Å². The summed E-state index contributed by atoms with van der Waals surface area (Å²) in [6.45, 7) is 3.96. The smallest absolute Gasteiger partial charge is 0.164 e. The third kappa shape index (κ3) is 9.59. The van der Waals surface area contributed by atoms with Gasteiger partial charge in [-0.25, -0.2) is 16.8 Å². The second-order valence-electron chi connectivity index (χ2n) is 4.43. The van der Waals surface area contributed by atoms with E-state index in [1.54, 1.807) is 0 Å². The van der Waals surface area contributed by atoms with Crippen LogP contribution in [0.25, 0.3) is 0 Å². The Kier molecular flexibility index (Phi) is 8.03. The average molecular weight is 284 g/mol. The fourth-order valence-corrected chi connectivity index (χ4v) is 5.95. The SMILES string of the molecule is CCCCCS(=O)(=O)CS(=O)(=O)CCCCC. The number of hydrogen-bond donors (Lipinski definition) is 0. The Balaban J connectivity index is 4.19. The highest BCUT2D eigenvalue weighted by Gasteiger charge is 2.21. The summed E-state index contributed by atoms with van der Waals surface area (Å²) >= 11 is 0. The van der Waals surface area contributed by atoms with Crippen LogP contribution in [0.3, 0.4) is 0 Å². The maximum absolute atomic E-state index is 11.6.